The minimum atomic E-state index is 0.329. The average Bonchev–Trinajstić information content (AvgIpc) is 2.53. The SMILES string of the molecule is Cc1cc(O)cc(C)c1[B]c1c(C)cc(-c2ccccc2)cc1C. The van der Waals surface area contributed by atoms with Gasteiger partial charge in [-0.3, -0.25) is 0 Å². The third-order valence-corrected chi connectivity index (χ3v) is 4.57. The van der Waals surface area contributed by atoms with Gasteiger partial charge in [-0.15, -0.1) is 0 Å². The normalized spacial score (nSPS) is 10.7. The molecule has 1 N–H and O–H groups in total. The first-order valence-corrected chi connectivity index (χ1v) is 8.27. The van der Waals surface area contributed by atoms with E-state index in [1.807, 2.05) is 32.0 Å². The maximum absolute atomic E-state index is 9.74. The lowest BCUT2D eigenvalue weighted by Gasteiger charge is -2.16. The molecule has 0 fully saturated rings. The van der Waals surface area contributed by atoms with Crippen LogP contribution in [0, 0.1) is 27.7 Å². The zero-order valence-corrected chi connectivity index (χ0v) is 14.7. The van der Waals surface area contributed by atoms with Gasteiger partial charge in [0.2, 0.25) is 0 Å². The van der Waals surface area contributed by atoms with Crippen LogP contribution in [0.4, 0.5) is 0 Å². The monoisotopic (exact) mass is 313 g/mol. The molecule has 0 unspecified atom stereocenters. The summed E-state index contributed by atoms with van der Waals surface area (Å²) in [6.45, 7) is 8.41. The van der Waals surface area contributed by atoms with E-state index < -0.39 is 0 Å². The molecule has 119 valence electrons. The Kier molecular flexibility index (Phi) is 4.48. The third kappa shape index (κ3) is 3.23. The molecule has 0 saturated heterocycles. The second-order valence-electron chi connectivity index (χ2n) is 6.53. The van der Waals surface area contributed by atoms with Crippen molar-refractivity contribution >= 4 is 18.2 Å². The summed E-state index contributed by atoms with van der Waals surface area (Å²) in [6, 6.07) is 18.6. The molecule has 0 heterocycles. The molecular weight excluding hydrogens is 291 g/mol. The van der Waals surface area contributed by atoms with E-state index in [4.69, 9.17) is 0 Å². The van der Waals surface area contributed by atoms with E-state index in [1.54, 1.807) is 0 Å². The standard InChI is InChI=1S/C22H22BO/c1-14-10-19(18-8-6-5-7-9-18)11-15(2)21(14)23-22-16(3)12-20(24)13-17(22)4/h5-13,24H,1-4H3. The van der Waals surface area contributed by atoms with Crippen LogP contribution in [0.15, 0.2) is 54.6 Å². The largest absolute Gasteiger partial charge is 0.508 e. The molecule has 3 aromatic carbocycles. The predicted molar refractivity (Wildman–Crippen MR) is 104 cm³/mol. The van der Waals surface area contributed by atoms with Crippen LogP contribution in [0.25, 0.3) is 11.1 Å². The number of rotatable bonds is 3. The van der Waals surface area contributed by atoms with Crippen molar-refractivity contribution in [1.29, 1.82) is 0 Å². The van der Waals surface area contributed by atoms with Gasteiger partial charge < -0.3 is 5.11 Å². The topological polar surface area (TPSA) is 20.2 Å². The van der Waals surface area contributed by atoms with Gasteiger partial charge in [0.15, 0.2) is 7.28 Å². The molecule has 0 aliphatic rings. The highest BCUT2D eigenvalue weighted by Gasteiger charge is 2.12. The Labute approximate surface area is 145 Å². The number of hydrogen-bond acceptors (Lipinski definition) is 1. The molecule has 0 aliphatic heterocycles. The average molecular weight is 313 g/mol. The maximum Gasteiger partial charge on any atom is 0.192 e. The van der Waals surface area contributed by atoms with Gasteiger partial charge in [0, 0.05) is 0 Å². The summed E-state index contributed by atoms with van der Waals surface area (Å²) in [5, 5.41) is 9.74. The van der Waals surface area contributed by atoms with Crippen molar-refractivity contribution < 1.29 is 5.11 Å². The van der Waals surface area contributed by atoms with Gasteiger partial charge in [-0.05, 0) is 51.0 Å². The van der Waals surface area contributed by atoms with Gasteiger partial charge in [-0.25, -0.2) is 0 Å². The predicted octanol–water partition coefficient (Wildman–Crippen LogP) is 3.95. The molecule has 2 heteroatoms. The molecule has 3 rings (SSSR count). The number of phenolic OH excluding ortho intramolecular Hbond substituents is 1. The van der Waals surface area contributed by atoms with E-state index in [9.17, 15) is 5.11 Å². The van der Waals surface area contributed by atoms with E-state index in [0.29, 0.717) is 5.75 Å². The molecule has 0 amide bonds. The summed E-state index contributed by atoms with van der Waals surface area (Å²) in [5.41, 5.74) is 9.66. The Morgan fingerprint density at radius 3 is 1.58 bits per heavy atom. The van der Waals surface area contributed by atoms with Crippen LogP contribution in [0.3, 0.4) is 0 Å². The van der Waals surface area contributed by atoms with Crippen molar-refractivity contribution in [3.05, 3.63) is 76.9 Å². The third-order valence-electron chi connectivity index (χ3n) is 4.57. The molecule has 0 aliphatic carbocycles. The summed E-state index contributed by atoms with van der Waals surface area (Å²) < 4.78 is 0. The van der Waals surface area contributed by atoms with E-state index in [1.165, 1.54) is 33.2 Å². The molecule has 24 heavy (non-hydrogen) atoms. The van der Waals surface area contributed by atoms with Gasteiger partial charge in [-0.1, -0.05) is 75.6 Å². The molecule has 0 atom stereocenters. The van der Waals surface area contributed by atoms with Gasteiger partial charge in [-0.2, -0.15) is 0 Å². The zero-order chi connectivity index (χ0) is 17.3. The van der Waals surface area contributed by atoms with E-state index >= 15 is 0 Å². The second kappa shape index (κ2) is 6.56. The van der Waals surface area contributed by atoms with Crippen LogP contribution in [0.2, 0.25) is 0 Å². The highest BCUT2D eigenvalue weighted by atomic mass is 16.3. The molecule has 0 bridgehead atoms. The van der Waals surface area contributed by atoms with Crippen molar-refractivity contribution in [1.82, 2.24) is 0 Å². The zero-order valence-electron chi connectivity index (χ0n) is 14.7. The van der Waals surface area contributed by atoms with Crippen LogP contribution in [0.5, 0.6) is 5.75 Å². The van der Waals surface area contributed by atoms with Crippen LogP contribution in [0.1, 0.15) is 22.3 Å². The smallest absolute Gasteiger partial charge is 0.192 e. The highest BCUT2D eigenvalue weighted by molar-refractivity contribution is 6.69. The maximum atomic E-state index is 9.74. The van der Waals surface area contributed by atoms with Crippen LogP contribution >= 0.6 is 0 Å². The molecule has 0 saturated carbocycles. The number of phenols is 1. The molecule has 0 spiro atoms. The summed E-state index contributed by atoms with van der Waals surface area (Å²) in [4.78, 5) is 0. The fourth-order valence-corrected chi connectivity index (χ4v) is 3.32. The molecule has 3 aromatic rings. The van der Waals surface area contributed by atoms with Crippen LogP contribution < -0.4 is 10.9 Å². The van der Waals surface area contributed by atoms with Crippen LogP contribution in [-0.2, 0) is 0 Å². The van der Waals surface area contributed by atoms with Crippen molar-refractivity contribution in [2.45, 2.75) is 27.7 Å². The lowest BCUT2D eigenvalue weighted by atomic mass is 9.58. The van der Waals surface area contributed by atoms with Crippen molar-refractivity contribution in [3.8, 4) is 16.9 Å². The molecular formula is C22H22BO. The first-order chi connectivity index (χ1) is 11.5. The molecule has 0 aromatic heterocycles. The van der Waals surface area contributed by atoms with Gasteiger partial charge in [0.1, 0.15) is 5.75 Å². The molecule has 1 nitrogen and oxygen atoms in total. The summed E-state index contributed by atoms with van der Waals surface area (Å²) in [7, 11) is 2.24. The number of aryl methyl sites for hydroxylation is 4. The fourth-order valence-electron chi connectivity index (χ4n) is 3.32. The van der Waals surface area contributed by atoms with E-state index in [0.717, 1.165) is 11.1 Å². The first kappa shape index (κ1) is 16.4. The van der Waals surface area contributed by atoms with Crippen molar-refractivity contribution in [2.75, 3.05) is 0 Å². The second-order valence-corrected chi connectivity index (χ2v) is 6.53. The Bertz CT molecular complexity index is 836. The Morgan fingerprint density at radius 1 is 0.625 bits per heavy atom. The summed E-state index contributed by atoms with van der Waals surface area (Å²) in [6.07, 6.45) is 0. The van der Waals surface area contributed by atoms with Crippen molar-refractivity contribution in [2.24, 2.45) is 0 Å². The van der Waals surface area contributed by atoms with E-state index in [-0.39, 0.29) is 0 Å². The van der Waals surface area contributed by atoms with Gasteiger partial charge in [0.05, 0.1) is 0 Å². The minimum absolute atomic E-state index is 0.329. The highest BCUT2D eigenvalue weighted by Crippen LogP contribution is 2.21. The number of aromatic hydroxyl groups is 1. The van der Waals surface area contributed by atoms with Crippen LogP contribution in [-0.4, -0.2) is 12.4 Å². The summed E-state index contributed by atoms with van der Waals surface area (Å²) in [5.74, 6) is 0.329. The number of hydrogen-bond donors (Lipinski definition) is 1. The van der Waals surface area contributed by atoms with E-state index in [2.05, 4.69) is 57.5 Å². The van der Waals surface area contributed by atoms with Crippen molar-refractivity contribution in [3.63, 3.8) is 0 Å². The van der Waals surface area contributed by atoms with Gasteiger partial charge >= 0.3 is 0 Å². The first-order valence-electron chi connectivity index (χ1n) is 8.27. The fraction of sp³-hybridized carbons (Fsp3) is 0.182. The Hall–Kier alpha value is -2.48. The Morgan fingerprint density at radius 2 is 1.08 bits per heavy atom. The lowest BCUT2D eigenvalue weighted by Crippen LogP contribution is -2.34. The minimum Gasteiger partial charge on any atom is -0.508 e. The lowest BCUT2D eigenvalue weighted by molar-refractivity contribution is 0.474. The summed E-state index contributed by atoms with van der Waals surface area (Å²) >= 11 is 0. The molecule has 1 radical (unpaired) electrons. The Balaban J connectivity index is 2.02. The van der Waals surface area contributed by atoms with Gasteiger partial charge in [0.25, 0.3) is 0 Å². The quantitative estimate of drug-likeness (QED) is 0.726. The number of benzene rings is 3.